The van der Waals surface area contributed by atoms with Crippen LogP contribution in [0.25, 0.3) is 6.08 Å². The lowest BCUT2D eigenvalue weighted by atomic mass is 10.3. The minimum atomic E-state index is -0.485. The number of carbonyl (C=O) groups excluding carboxylic acids is 3. The Labute approximate surface area is 148 Å². The van der Waals surface area contributed by atoms with Crippen LogP contribution in [0.15, 0.2) is 53.4 Å². The SMILES string of the molecule is Cc1cccc(/C=C2/SC(=O)N(CC(=O)Nc3ccccc3)C2=O)n1. The van der Waals surface area contributed by atoms with Crippen molar-refractivity contribution in [3.63, 3.8) is 0 Å². The summed E-state index contributed by atoms with van der Waals surface area (Å²) in [7, 11) is 0. The van der Waals surface area contributed by atoms with Crippen molar-refractivity contribution in [2.24, 2.45) is 0 Å². The van der Waals surface area contributed by atoms with E-state index < -0.39 is 17.1 Å². The zero-order chi connectivity index (χ0) is 17.8. The highest BCUT2D eigenvalue weighted by Crippen LogP contribution is 2.31. The number of rotatable bonds is 4. The summed E-state index contributed by atoms with van der Waals surface area (Å²) < 4.78 is 0. The summed E-state index contributed by atoms with van der Waals surface area (Å²) in [4.78, 5) is 42.0. The van der Waals surface area contributed by atoms with Crippen molar-refractivity contribution >= 4 is 40.6 Å². The predicted molar refractivity (Wildman–Crippen MR) is 96.7 cm³/mol. The largest absolute Gasteiger partial charge is 0.325 e. The van der Waals surface area contributed by atoms with Gasteiger partial charge < -0.3 is 5.32 Å². The molecule has 3 rings (SSSR count). The van der Waals surface area contributed by atoms with Crippen molar-refractivity contribution < 1.29 is 14.4 Å². The van der Waals surface area contributed by atoms with Crippen LogP contribution in [-0.2, 0) is 9.59 Å². The molecule has 0 atom stereocenters. The second kappa shape index (κ2) is 7.31. The first kappa shape index (κ1) is 16.9. The molecule has 1 aliphatic heterocycles. The molecular weight excluding hydrogens is 338 g/mol. The van der Waals surface area contributed by atoms with E-state index in [9.17, 15) is 14.4 Å². The minimum Gasteiger partial charge on any atom is -0.325 e. The van der Waals surface area contributed by atoms with Crippen LogP contribution in [0.3, 0.4) is 0 Å². The van der Waals surface area contributed by atoms with Crippen molar-refractivity contribution in [3.05, 3.63) is 64.8 Å². The van der Waals surface area contributed by atoms with Crippen LogP contribution in [0.2, 0.25) is 0 Å². The first-order chi connectivity index (χ1) is 12.0. The number of imide groups is 1. The van der Waals surface area contributed by atoms with E-state index in [-0.39, 0.29) is 11.4 Å². The normalized spacial score (nSPS) is 15.7. The number of nitrogens with zero attached hydrogens (tertiary/aromatic N) is 2. The molecule has 1 N–H and O–H groups in total. The molecule has 0 aliphatic carbocycles. The Morgan fingerprint density at radius 3 is 2.64 bits per heavy atom. The van der Waals surface area contributed by atoms with E-state index in [1.807, 2.05) is 25.1 Å². The van der Waals surface area contributed by atoms with Gasteiger partial charge in [-0.2, -0.15) is 0 Å². The maximum absolute atomic E-state index is 12.4. The lowest BCUT2D eigenvalue weighted by molar-refractivity contribution is -0.127. The van der Waals surface area contributed by atoms with Gasteiger partial charge in [-0.3, -0.25) is 24.3 Å². The van der Waals surface area contributed by atoms with E-state index >= 15 is 0 Å². The van der Waals surface area contributed by atoms with Crippen molar-refractivity contribution in [1.29, 1.82) is 0 Å². The summed E-state index contributed by atoms with van der Waals surface area (Å²) in [6.07, 6.45) is 1.56. The summed E-state index contributed by atoms with van der Waals surface area (Å²) in [5, 5.41) is 2.19. The van der Waals surface area contributed by atoms with Gasteiger partial charge in [0.25, 0.3) is 11.1 Å². The number of anilines is 1. The fourth-order valence-electron chi connectivity index (χ4n) is 2.28. The summed E-state index contributed by atoms with van der Waals surface area (Å²) in [6, 6.07) is 14.3. The van der Waals surface area contributed by atoms with Gasteiger partial charge >= 0.3 is 0 Å². The Hall–Kier alpha value is -2.93. The standard InChI is InChI=1S/C18H15N3O3S/c1-12-6-5-9-14(19-12)10-15-17(23)21(18(24)25-15)11-16(22)20-13-7-3-2-4-8-13/h2-10H,11H2,1H3,(H,20,22)/b15-10+. The molecule has 1 aliphatic rings. The number of nitrogens with one attached hydrogen (secondary N) is 1. The van der Waals surface area contributed by atoms with E-state index in [0.29, 0.717) is 11.4 Å². The minimum absolute atomic E-state index is 0.260. The van der Waals surface area contributed by atoms with Gasteiger partial charge in [-0.1, -0.05) is 24.3 Å². The lowest BCUT2D eigenvalue weighted by Gasteiger charge is -2.12. The summed E-state index contributed by atoms with van der Waals surface area (Å²) in [5.41, 5.74) is 2.02. The van der Waals surface area contributed by atoms with E-state index in [1.54, 1.807) is 36.4 Å². The summed E-state index contributed by atoms with van der Waals surface area (Å²) in [5.74, 6) is -0.912. The van der Waals surface area contributed by atoms with Crippen LogP contribution in [0.5, 0.6) is 0 Å². The van der Waals surface area contributed by atoms with E-state index in [0.717, 1.165) is 22.4 Å². The van der Waals surface area contributed by atoms with Gasteiger partial charge in [-0.05, 0) is 49.0 Å². The molecule has 2 aromatic rings. The second-order valence-electron chi connectivity index (χ2n) is 5.39. The third kappa shape index (κ3) is 4.13. The predicted octanol–water partition coefficient (Wildman–Crippen LogP) is 3.07. The van der Waals surface area contributed by atoms with Gasteiger partial charge in [0, 0.05) is 11.4 Å². The number of benzene rings is 1. The number of thioether (sulfide) groups is 1. The molecule has 25 heavy (non-hydrogen) atoms. The third-order valence-electron chi connectivity index (χ3n) is 3.42. The van der Waals surface area contributed by atoms with Crippen LogP contribution in [0.4, 0.5) is 10.5 Å². The first-order valence-electron chi connectivity index (χ1n) is 7.57. The van der Waals surface area contributed by atoms with Crippen LogP contribution in [0, 0.1) is 6.92 Å². The van der Waals surface area contributed by atoms with Crippen molar-refractivity contribution in [1.82, 2.24) is 9.88 Å². The van der Waals surface area contributed by atoms with Crippen LogP contribution < -0.4 is 5.32 Å². The van der Waals surface area contributed by atoms with Crippen molar-refractivity contribution in [3.8, 4) is 0 Å². The molecule has 2 heterocycles. The molecule has 1 fully saturated rings. The zero-order valence-corrected chi connectivity index (χ0v) is 14.2. The number of hydrogen-bond donors (Lipinski definition) is 1. The van der Waals surface area contributed by atoms with Crippen LogP contribution in [-0.4, -0.2) is 33.5 Å². The van der Waals surface area contributed by atoms with Crippen molar-refractivity contribution in [2.75, 3.05) is 11.9 Å². The number of aromatic nitrogens is 1. The van der Waals surface area contributed by atoms with Gasteiger partial charge in [0.05, 0.1) is 10.6 Å². The Morgan fingerprint density at radius 2 is 1.92 bits per heavy atom. The molecule has 7 heteroatoms. The van der Waals surface area contributed by atoms with Crippen molar-refractivity contribution in [2.45, 2.75) is 6.92 Å². The average Bonchev–Trinajstić information content (AvgIpc) is 2.83. The molecule has 0 spiro atoms. The van der Waals surface area contributed by atoms with Gasteiger partial charge in [-0.15, -0.1) is 0 Å². The van der Waals surface area contributed by atoms with Gasteiger partial charge in [-0.25, -0.2) is 0 Å². The maximum Gasteiger partial charge on any atom is 0.294 e. The molecule has 126 valence electrons. The number of hydrogen-bond acceptors (Lipinski definition) is 5. The second-order valence-corrected chi connectivity index (χ2v) is 6.38. The molecular formula is C18H15N3O3S. The maximum atomic E-state index is 12.4. The monoisotopic (exact) mass is 353 g/mol. The fourth-order valence-corrected chi connectivity index (χ4v) is 3.10. The zero-order valence-electron chi connectivity index (χ0n) is 13.4. The highest BCUT2D eigenvalue weighted by Gasteiger charge is 2.36. The molecule has 3 amide bonds. The Morgan fingerprint density at radius 1 is 1.16 bits per heavy atom. The molecule has 0 unspecified atom stereocenters. The number of pyridine rings is 1. The quantitative estimate of drug-likeness (QED) is 0.855. The van der Waals surface area contributed by atoms with E-state index in [2.05, 4.69) is 10.3 Å². The van der Waals surface area contributed by atoms with E-state index in [4.69, 9.17) is 0 Å². The molecule has 1 aromatic carbocycles. The highest BCUT2D eigenvalue weighted by atomic mass is 32.2. The van der Waals surface area contributed by atoms with Crippen LogP contribution in [0.1, 0.15) is 11.4 Å². The van der Waals surface area contributed by atoms with E-state index in [1.165, 1.54) is 0 Å². The molecule has 0 radical (unpaired) electrons. The number of para-hydroxylation sites is 1. The first-order valence-corrected chi connectivity index (χ1v) is 8.38. The Kier molecular flexibility index (Phi) is 4.95. The summed E-state index contributed by atoms with van der Waals surface area (Å²) in [6.45, 7) is 1.52. The lowest BCUT2D eigenvalue weighted by Crippen LogP contribution is -2.36. The number of carbonyl (C=O) groups is 3. The third-order valence-corrected chi connectivity index (χ3v) is 4.33. The average molecular weight is 353 g/mol. The molecule has 6 nitrogen and oxygen atoms in total. The fraction of sp³-hybridized carbons (Fsp3) is 0.111. The highest BCUT2D eigenvalue weighted by molar-refractivity contribution is 8.18. The Bertz CT molecular complexity index is 865. The number of aryl methyl sites for hydroxylation is 1. The van der Waals surface area contributed by atoms with Gasteiger partial charge in [0.1, 0.15) is 6.54 Å². The van der Waals surface area contributed by atoms with Gasteiger partial charge in [0.15, 0.2) is 0 Å². The Balaban J connectivity index is 1.70. The molecule has 0 saturated carbocycles. The topological polar surface area (TPSA) is 79.4 Å². The number of amides is 3. The molecule has 0 bridgehead atoms. The summed E-state index contributed by atoms with van der Waals surface area (Å²) >= 11 is 0.809. The van der Waals surface area contributed by atoms with Crippen LogP contribution >= 0.6 is 11.8 Å². The smallest absolute Gasteiger partial charge is 0.294 e. The van der Waals surface area contributed by atoms with Gasteiger partial charge in [0.2, 0.25) is 5.91 Å². The molecule has 1 saturated heterocycles. The molecule has 1 aromatic heterocycles.